The molecular weight excluding hydrogens is 474 g/mol. The number of ether oxygens (including phenoxy) is 1. The lowest BCUT2D eigenvalue weighted by Gasteiger charge is -2.33. The molecule has 0 radical (unpaired) electrons. The molecule has 5 rings (SSSR count). The maximum Gasteiger partial charge on any atom is 0.337 e. The van der Waals surface area contributed by atoms with Gasteiger partial charge < -0.3 is 15.5 Å². The van der Waals surface area contributed by atoms with Crippen molar-refractivity contribution < 1.29 is 14.3 Å². The number of nitrogens with one attached hydrogen (secondary N) is 2. The first-order valence-corrected chi connectivity index (χ1v) is 12.3. The van der Waals surface area contributed by atoms with Gasteiger partial charge in [-0.25, -0.2) is 9.47 Å². The molecule has 3 aromatic carbocycles. The van der Waals surface area contributed by atoms with Crippen molar-refractivity contribution >= 4 is 29.3 Å². The Morgan fingerprint density at radius 1 is 1.00 bits per heavy atom. The molecule has 0 aliphatic carbocycles. The molecule has 2 heterocycles. The summed E-state index contributed by atoms with van der Waals surface area (Å²) in [5.41, 5.74) is 8.47. The second-order valence-corrected chi connectivity index (χ2v) is 9.68. The molecule has 0 spiro atoms. The Kier molecular flexibility index (Phi) is 6.47. The van der Waals surface area contributed by atoms with E-state index in [1.807, 2.05) is 79.2 Å². The van der Waals surface area contributed by atoms with Gasteiger partial charge in [-0.1, -0.05) is 66.4 Å². The highest BCUT2D eigenvalue weighted by Crippen LogP contribution is 2.39. The van der Waals surface area contributed by atoms with E-state index < -0.39 is 17.3 Å². The molecular formula is C27H25N5O3S. The largest absolute Gasteiger partial charge is 0.465 e. The van der Waals surface area contributed by atoms with Gasteiger partial charge in [-0.3, -0.25) is 4.79 Å². The monoisotopic (exact) mass is 499 g/mol. The summed E-state index contributed by atoms with van der Waals surface area (Å²) in [5, 5.41) is 11.9. The third-order valence-electron chi connectivity index (χ3n) is 6.07. The van der Waals surface area contributed by atoms with E-state index in [0.717, 1.165) is 27.9 Å². The lowest BCUT2D eigenvalue weighted by molar-refractivity contribution is -0.116. The number of carbonyl (C=O) groups is 2. The number of methoxy groups -OCH3 is 1. The Morgan fingerprint density at radius 3 is 2.47 bits per heavy atom. The summed E-state index contributed by atoms with van der Waals surface area (Å²) in [4.78, 5) is 25.6. The molecule has 1 aliphatic heterocycles. The van der Waals surface area contributed by atoms with Crippen molar-refractivity contribution in [3.05, 3.63) is 95.1 Å². The maximum absolute atomic E-state index is 13.6. The molecule has 1 amide bonds. The summed E-state index contributed by atoms with van der Waals surface area (Å²) < 4.78 is 6.65. The third kappa shape index (κ3) is 4.57. The molecule has 0 bridgehead atoms. The smallest absolute Gasteiger partial charge is 0.337 e. The lowest BCUT2D eigenvalue weighted by Crippen LogP contribution is -2.41. The van der Waals surface area contributed by atoms with Gasteiger partial charge in [-0.2, -0.15) is 0 Å². The van der Waals surface area contributed by atoms with Gasteiger partial charge in [0.15, 0.2) is 5.82 Å². The predicted molar refractivity (Wildman–Crippen MR) is 140 cm³/mol. The summed E-state index contributed by atoms with van der Waals surface area (Å²) in [6.45, 7) is 3.96. The van der Waals surface area contributed by atoms with Crippen molar-refractivity contribution in [2.24, 2.45) is 0 Å². The minimum atomic E-state index is -0.547. The fraction of sp³-hybridized carbons (Fsp3) is 0.185. The minimum Gasteiger partial charge on any atom is -0.465 e. The SMILES string of the molecule is COC(=O)c1ccc(C2Nn3c(nnc3-c3ccccc3)SC2C(=O)Nc2cc(C)ccc2C)cc1. The van der Waals surface area contributed by atoms with Crippen LogP contribution in [0.4, 0.5) is 5.69 Å². The Labute approximate surface area is 213 Å². The normalized spacial score (nSPS) is 16.5. The van der Waals surface area contributed by atoms with Gasteiger partial charge in [0.05, 0.1) is 18.7 Å². The van der Waals surface area contributed by atoms with Gasteiger partial charge >= 0.3 is 5.97 Å². The number of aromatic nitrogens is 3. The van der Waals surface area contributed by atoms with Crippen LogP contribution < -0.4 is 10.7 Å². The minimum absolute atomic E-state index is 0.154. The number of fused-ring (bicyclic) bond motifs is 1. The number of amides is 1. The molecule has 182 valence electrons. The second kappa shape index (κ2) is 9.87. The van der Waals surface area contributed by atoms with E-state index in [-0.39, 0.29) is 5.91 Å². The van der Waals surface area contributed by atoms with E-state index in [1.54, 1.807) is 12.1 Å². The van der Waals surface area contributed by atoms with Crippen molar-refractivity contribution in [1.29, 1.82) is 0 Å². The highest BCUT2D eigenvalue weighted by molar-refractivity contribution is 8.00. The van der Waals surface area contributed by atoms with Gasteiger partial charge in [0.2, 0.25) is 11.1 Å². The first kappa shape index (κ1) is 23.6. The highest BCUT2D eigenvalue weighted by atomic mass is 32.2. The van der Waals surface area contributed by atoms with Gasteiger partial charge in [0, 0.05) is 11.3 Å². The van der Waals surface area contributed by atoms with Gasteiger partial charge in [0.1, 0.15) is 5.25 Å². The standard InChI is InChI=1S/C27H25N5O3S/c1-16-9-10-17(2)21(15-16)28-25(33)23-22(18-11-13-20(14-12-18)26(34)35-3)31-32-24(29-30-27(32)36-23)19-7-5-4-6-8-19/h4-15,22-23,31H,1-3H3,(H,28,33). The number of benzene rings is 3. The van der Waals surface area contributed by atoms with Gasteiger partial charge in [-0.15, -0.1) is 10.2 Å². The Hall–Kier alpha value is -4.11. The van der Waals surface area contributed by atoms with Crippen LogP contribution in [0.3, 0.4) is 0 Å². The summed E-state index contributed by atoms with van der Waals surface area (Å²) in [7, 11) is 1.35. The van der Waals surface area contributed by atoms with E-state index in [1.165, 1.54) is 18.9 Å². The Balaban J connectivity index is 1.52. The summed E-state index contributed by atoms with van der Waals surface area (Å²) in [5.74, 6) is 0.0885. The first-order chi connectivity index (χ1) is 17.4. The molecule has 36 heavy (non-hydrogen) atoms. The first-order valence-electron chi connectivity index (χ1n) is 11.4. The number of hydrogen-bond donors (Lipinski definition) is 2. The van der Waals surface area contributed by atoms with E-state index in [2.05, 4.69) is 20.9 Å². The zero-order valence-corrected chi connectivity index (χ0v) is 20.9. The van der Waals surface area contributed by atoms with Crippen LogP contribution in [-0.4, -0.2) is 39.1 Å². The van der Waals surface area contributed by atoms with Crippen LogP contribution in [-0.2, 0) is 9.53 Å². The molecule has 2 unspecified atom stereocenters. The summed E-state index contributed by atoms with van der Waals surface area (Å²) in [6.07, 6.45) is 0. The molecule has 2 atom stereocenters. The summed E-state index contributed by atoms with van der Waals surface area (Å²) in [6, 6.07) is 22.4. The number of aryl methyl sites for hydroxylation is 2. The lowest BCUT2D eigenvalue weighted by atomic mass is 10.0. The van der Waals surface area contributed by atoms with Crippen LogP contribution in [0, 0.1) is 13.8 Å². The van der Waals surface area contributed by atoms with Crippen molar-refractivity contribution in [2.45, 2.75) is 30.3 Å². The van der Waals surface area contributed by atoms with Crippen molar-refractivity contribution in [3.8, 4) is 11.4 Å². The third-order valence-corrected chi connectivity index (χ3v) is 7.28. The van der Waals surface area contributed by atoms with Crippen LogP contribution in [0.1, 0.15) is 33.1 Å². The zero-order valence-electron chi connectivity index (χ0n) is 20.1. The van der Waals surface area contributed by atoms with Crippen molar-refractivity contribution in [3.63, 3.8) is 0 Å². The average Bonchev–Trinajstić information content (AvgIpc) is 3.33. The molecule has 2 N–H and O–H groups in total. The fourth-order valence-corrected chi connectivity index (χ4v) is 5.18. The number of rotatable bonds is 5. The second-order valence-electron chi connectivity index (χ2n) is 8.57. The molecule has 8 nitrogen and oxygen atoms in total. The van der Waals surface area contributed by atoms with Crippen LogP contribution in [0.25, 0.3) is 11.4 Å². The van der Waals surface area contributed by atoms with Crippen LogP contribution in [0.5, 0.6) is 0 Å². The molecule has 0 saturated carbocycles. The maximum atomic E-state index is 13.6. The number of anilines is 1. The van der Waals surface area contributed by atoms with E-state index in [4.69, 9.17) is 4.74 Å². The number of nitrogens with zero attached hydrogens (tertiary/aromatic N) is 3. The van der Waals surface area contributed by atoms with Crippen LogP contribution in [0.2, 0.25) is 0 Å². The Morgan fingerprint density at radius 2 is 1.75 bits per heavy atom. The number of carbonyl (C=O) groups excluding carboxylic acids is 2. The Bertz CT molecular complexity index is 1420. The topological polar surface area (TPSA) is 98.1 Å². The number of esters is 1. The molecule has 4 aromatic rings. The average molecular weight is 500 g/mol. The highest BCUT2D eigenvalue weighted by Gasteiger charge is 2.38. The number of thioether (sulfide) groups is 1. The van der Waals surface area contributed by atoms with Gasteiger partial charge in [-0.05, 0) is 48.7 Å². The summed E-state index contributed by atoms with van der Waals surface area (Å²) >= 11 is 1.35. The molecule has 1 aliphatic rings. The molecule has 0 saturated heterocycles. The van der Waals surface area contributed by atoms with E-state index in [9.17, 15) is 9.59 Å². The van der Waals surface area contributed by atoms with E-state index in [0.29, 0.717) is 16.5 Å². The quantitative estimate of drug-likeness (QED) is 0.383. The van der Waals surface area contributed by atoms with Crippen molar-refractivity contribution in [2.75, 3.05) is 17.9 Å². The predicted octanol–water partition coefficient (Wildman–Crippen LogP) is 4.75. The fourth-order valence-electron chi connectivity index (χ4n) is 4.10. The molecule has 0 fully saturated rings. The number of hydrogen-bond acceptors (Lipinski definition) is 7. The van der Waals surface area contributed by atoms with Crippen LogP contribution >= 0.6 is 11.8 Å². The zero-order chi connectivity index (χ0) is 25.2. The van der Waals surface area contributed by atoms with Gasteiger partial charge in [0.25, 0.3) is 0 Å². The van der Waals surface area contributed by atoms with Crippen LogP contribution in [0.15, 0.2) is 78.0 Å². The van der Waals surface area contributed by atoms with E-state index >= 15 is 0 Å². The van der Waals surface area contributed by atoms with Crippen molar-refractivity contribution in [1.82, 2.24) is 14.9 Å². The molecule has 1 aromatic heterocycles. The molecule has 9 heteroatoms.